The van der Waals surface area contributed by atoms with E-state index in [0.29, 0.717) is 17.0 Å². The first kappa shape index (κ1) is 13.5. The lowest BCUT2D eigenvalue weighted by molar-refractivity contribution is 0.103. The maximum absolute atomic E-state index is 13.0. The van der Waals surface area contributed by atoms with Gasteiger partial charge in [-0.3, -0.25) is 4.79 Å². The van der Waals surface area contributed by atoms with Crippen LogP contribution in [-0.2, 0) is 0 Å². The first-order chi connectivity index (χ1) is 11.3. The molecule has 4 aromatic rings. The third kappa shape index (κ3) is 2.32. The number of nitrogens with zero attached hydrogens (tertiary/aromatic N) is 1. The molecule has 0 bridgehead atoms. The summed E-state index contributed by atoms with van der Waals surface area (Å²) in [5.74, 6) is 0.712. The van der Waals surface area contributed by atoms with Crippen molar-refractivity contribution in [1.29, 1.82) is 0 Å². The van der Waals surface area contributed by atoms with Crippen LogP contribution < -0.4 is 0 Å². The minimum Gasteiger partial charge on any atom is -0.345 e. The summed E-state index contributed by atoms with van der Waals surface area (Å²) in [6, 6.07) is 21.2. The van der Waals surface area contributed by atoms with Crippen molar-refractivity contribution in [1.82, 2.24) is 9.97 Å². The summed E-state index contributed by atoms with van der Waals surface area (Å²) in [5, 5.41) is 2.10. The van der Waals surface area contributed by atoms with Crippen LogP contribution in [-0.4, -0.2) is 15.8 Å². The van der Waals surface area contributed by atoms with E-state index in [1.54, 1.807) is 12.4 Å². The van der Waals surface area contributed by atoms with Crippen molar-refractivity contribution in [3.05, 3.63) is 90.3 Å². The molecular weight excluding hydrogens is 284 g/mol. The summed E-state index contributed by atoms with van der Waals surface area (Å²) in [4.78, 5) is 20.5. The Morgan fingerprint density at radius 1 is 0.870 bits per heavy atom. The fourth-order valence-electron chi connectivity index (χ4n) is 2.86. The lowest BCUT2D eigenvalue weighted by Gasteiger charge is -2.11. The van der Waals surface area contributed by atoms with E-state index >= 15 is 0 Å². The molecule has 0 aliphatic carbocycles. The molecule has 3 heteroatoms. The normalized spacial score (nSPS) is 10.8. The summed E-state index contributed by atoms with van der Waals surface area (Å²) in [6.07, 6.45) is 3.47. The van der Waals surface area contributed by atoms with Crippen molar-refractivity contribution >= 4 is 16.6 Å². The van der Waals surface area contributed by atoms with Crippen LogP contribution in [0.4, 0.5) is 0 Å². The molecule has 0 fully saturated rings. The molecule has 3 aromatic carbocycles. The first-order valence-corrected chi connectivity index (χ1v) is 7.46. The standard InChI is InChI=1S/C20H14N2O/c23-19(15-7-2-1-3-8-15)17-11-10-14-6-4-5-9-16(14)18(17)20-21-12-13-22-20/h1-13H,(H,21,22). The lowest BCUT2D eigenvalue weighted by Crippen LogP contribution is -2.04. The van der Waals surface area contributed by atoms with Gasteiger partial charge in [-0.2, -0.15) is 0 Å². The number of hydrogen-bond acceptors (Lipinski definition) is 2. The summed E-state index contributed by atoms with van der Waals surface area (Å²) in [6.45, 7) is 0. The predicted molar refractivity (Wildman–Crippen MR) is 91.4 cm³/mol. The monoisotopic (exact) mass is 298 g/mol. The number of ketones is 1. The van der Waals surface area contributed by atoms with E-state index in [0.717, 1.165) is 16.3 Å². The zero-order valence-corrected chi connectivity index (χ0v) is 12.4. The molecule has 110 valence electrons. The van der Waals surface area contributed by atoms with Gasteiger partial charge in [-0.25, -0.2) is 4.98 Å². The number of nitrogens with one attached hydrogen (secondary N) is 1. The van der Waals surface area contributed by atoms with Gasteiger partial charge >= 0.3 is 0 Å². The van der Waals surface area contributed by atoms with Crippen LogP contribution in [0.25, 0.3) is 22.2 Å². The maximum atomic E-state index is 13.0. The van der Waals surface area contributed by atoms with Gasteiger partial charge in [0.2, 0.25) is 0 Å². The third-order valence-electron chi connectivity index (χ3n) is 3.94. The number of benzene rings is 3. The van der Waals surface area contributed by atoms with Gasteiger partial charge in [0.15, 0.2) is 5.78 Å². The zero-order valence-electron chi connectivity index (χ0n) is 12.4. The van der Waals surface area contributed by atoms with E-state index in [-0.39, 0.29) is 5.78 Å². The van der Waals surface area contributed by atoms with Gasteiger partial charge in [-0.1, -0.05) is 60.7 Å². The van der Waals surface area contributed by atoms with Crippen LogP contribution in [0, 0.1) is 0 Å². The molecule has 0 aliphatic heterocycles. The van der Waals surface area contributed by atoms with Gasteiger partial charge in [-0.05, 0) is 16.8 Å². The van der Waals surface area contributed by atoms with E-state index in [9.17, 15) is 4.79 Å². The van der Waals surface area contributed by atoms with Crippen LogP contribution in [0.15, 0.2) is 79.1 Å². The van der Waals surface area contributed by atoms with Gasteiger partial charge in [0.1, 0.15) is 5.82 Å². The number of imidazole rings is 1. The zero-order chi connectivity index (χ0) is 15.6. The van der Waals surface area contributed by atoms with Crippen molar-refractivity contribution in [2.45, 2.75) is 0 Å². The fraction of sp³-hybridized carbons (Fsp3) is 0. The number of aromatic amines is 1. The van der Waals surface area contributed by atoms with Gasteiger partial charge in [0.05, 0.1) is 0 Å². The highest BCUT2D eigenvalue weighted by Gasteiger charge is 2.18. The molecule has 1 heterocycles. The van der Waals surface area contributed by atoms with Gasteiger partial charge in [-0.15, -0.1) is 0 Å². The Morgan fingerprint density at radius 2 is 1.65 bits per heavy atom. The number of carbonyl (C=O) groups excluding carboxylic acids is 1. The number of carbonyl (C=O) groups is 1. The van der Waals surface area contributed by atoms with Crippen LogP contribution >= 0.6 is 0 Å². The average Bonchev–Trinajstić information content (AvgIpc) is 3.15. The summed E-state index contributed by atoms with van der Waals surface area (Å²) >= 11 is 0. The molecule has 3 nitrogen and oxygen atoms in total. The quantitative estimate of drug-likeness (QED) is 0.567. The minimum absolute atomic E-state index is 0.00255. The lowest BCUT2D eigenvalue weighted by atomic mass is 9.93. The Labute approximate surface area is 133 Å². The largest absolute Gasteiger partial charge is 0.345 e. The number of hydrogen-bond donors (Lipinski definition) is 1. The van der Waals surface area contributed by atoms with Crippen LogP contribution in [0.1, 0.15) is 15.9 Å². The molecule has 0 spiro atoms. The van der Waals surface area contributed by atoms with E-state index in [2.05, 4.69) is 9.97 Å². The highest BCUT2D eigenvalue weighted by molar-refractivity contribution is 6.16. The number of fused-ring (bicyclic) bond motifs is 1. The Morgan fingerprint density at radius 3 is 2.43 bits per heavy atom. The van der Waals surface area contributed by atoms with Crippen LogP contribution in [0.3, 0.4) is 0 Å². The Bertz CT molecular complexity index is 973. The molecule has 0 amide bonds. The van der Waals surface area contributed by atoms with Crippen molar-refractivity contribution < 1.29 is 4.79 Å². The fourth-order valence-corrected chi connectivity index (χ4v) is 2.86. The first-order valence-electron chi connectivity index (χ1n) is 7.46. The molecular formula is C20H14N2O. The van der Waals surface area contributed by atoms with Crippen LogP contribution in [0.5, 0.6) is 0 Å². The molecule has 0 saturated heterocycles. The molecule has 1 aromatic heterocycles. The molecule has 0 radical (unpaired) electrons. The Balaban J connectivity index is 2.00. The second kappa shape index (κ2) is 5.54. The molecule has 4 rings (SSSR count). The van der Waals surface area contributed by atoms with Gasteiger partial charge < -0.3 is 4.98 Å². The van der Waals surface area contributed by atoms with Crippen LogP contribution in [0.2, 0.25) is 0 Å². The smallest absolute Gasteiger partial charge is 0.193 e. The Kier molecular flexibility index (Phi) is 3.24. The Hall–Kier alpha value is -3.20. The highest BCUT2D eigenvalue weighted by atomic mass is 16.1. The second-order valence-electron chi connectivity index (χ2n) is 5.34. The molecule has 0 aliphatic rings. The van der Waals surface area contributed by atoms with Crippen molar-refractivity contribution in [2.75, 3.05) is 0 Å². The number of aromatic nitrogens is 2. The summed E-state index contributed by atoms with van der Waals surface area (Å²) in [7, 11) is 0. The highest BCUT2D eigenvalue weighted by Crippen LogP contribution is 2.31. The summed E-state index contributed by atoms with van der Waals surface area (Å²) < 4.78 is 0. The van der Waals surface area contributed by atoms with Gasteiger partial charge in [0.25, 0.3) is 0 Å². The van der Waals surface area contributed by atoms with E-state index < -0.39 is 0 Å². The van der Waals surface area contributed by atoms with E-state index in [1.807, 2.05) is 66.7 Å². The predicted octanol–water partition coefficient (Wildman–Crippen LogP) is 4.46. The van der Waals surface area contributed by atoms with E-state index in [1.165, 1.54) is 0 Å². The SMILES string of the molecule is O=C(c1ccccc1)c1ccc2ccccc2c1-c1ncc[nH]1. The van der Waals surface area contributed by atoms with Gasteiger partial charge in [0, 0.05) is 29.1 Å². The minimum atomic E-state index is 0.00255. The third-order valence-corrected chi connectivity index (χ3v) is 3.94. The summed E-state index contributed by atoms with van der Waals surface area (Å²) in [5.41, 5.74) is 2.18. The van der Waals surface area contributed by atoms with E-state index in [4.69, 9.17) is 0 Å². The molecule has 0 atom stereocenters. The molecule has 23 heavy (non-hydrogen) atoms. The second-order valence-corrected chi connectivity index (χ2v) is 5.34. The molecule has 0 saturated carbocycles. The maximum Gasteiger partial charge on any atom is 0.193 e. The topological polar surface area (TPSA) is 45.8 Å². The van der Waals surface area contributed by atoms with Crippen molar-refractivity contribution in [3.63, 3.8) is 0 Å². The van der Waals surface area contributed by atoms with Crippen molar-refractivity contribution in [3.8, 4) is 11.4 Å². The number of rotatable bonds is 3. The number of H-pyrrole nitrogens is 1. The molecule has 1 N–H and O–H groups in total. The van der Waals surface area contributed by atoms with Crippen molar-refractivity contribution in [2.24, 2.45) is 0 Å². The molecule has 0 unspecified atom stereocenters. The average molecular weight is 298 g/mol.